The lowest BCUT2D eigenvalue weighted by molar-refractivity contribution is -0.527. The molecule has 30 heavy (non-hydrogen) atoms. The number of carbonyl (C=O) groups excluding carboxylic acids is 1. The van der Waals surface area contributed by atoms with Crippen molar-refractivity contribution in [3.05, 3.63) is 80.9 Å². The van der Waals surface area contributed by atoms with Crippen molar-refractivity contribution < 1.29 is 9.72 Å². The van der Waals surface area contributed by atoms with Gasteiger partial charge >= 0.3 is 5.00 Å². The van der Waals surface area contributed by atoms with Crippen molar-refractivity contribution in [3.8, 4) is 0 Å². The van der Waals surface area contributed by atoms with E-state index >= 15 is 0 Å². The lowest BCUT2D eigenvalue weighted by atomic mass is 10.0. The van der Waals surface area contributed by atoms with E-state index in [2.05, 4.69) is 11.8 Å². The fraction of sp³-hybridized carbons (Fsp3) is 0.409. The van der Waals surface area contributed by atoms with Crippen molar-refractivity contribution in [2.75, 3.05) is 13.1 Å². The van der Waals surface area contributed by atoms with E-state index in [1.54, 1.807) is 18.2 Å². The molecule has 1 unspecified atom stereocenters. The predicted octanol–water partition coefficient (Wildman–Crippen LogP) is 4.42. The number of halogens is 2. The van der Waals surface area contributed by atoms with Gasteiger partial charge in [0.2, 0.25) is 5.91 Å². The number of rotatable bonds is 5. The van der Waals surface area contributed by atoms with Crippen molar-refractivity contribution in [3.63, 3.8) is 0 Å². The summed E-state index contributed by atoms with van der Waals surface area (Å²) in [6.07, 6.45) is 7.92. The van der Waals surface area contributed by atoms with Crippen LogP contribution in [0.5, 0.6) is 0 Å². The summed E-state index contributed by atoms with van der Waals surface area (Å²) < 4.78 is 0. The van der Waals surface area contributed by atoms with Crippen LogP contribution in [0, 0.1) is 10.1 Å². The van der Waals surface area contributed by atoms with Gasteiger partial charge in [-0.1, -0.05) is 35.9 Å². The fourth-order valence-electron chi connectivity index (χ4n) is 3.69. The van der Waals surface area contributed by atoms with E-state index < -0.39 is 9.92 Å². The Bertz CT molecular complexity index is 897. The molecule has 1 amide bonds. The van der Waals surface area contributed by atoms with Gasteiger partial charge in [-0.15, -0.1) is 0 Å². The largest absolute Gasteiger partial charge is 0.334 e. The van der Waals surface area contributed by atoms with E-state index in [1.807, 2.05) is 36.1 Å². The first kappa shape index (κ1) is 22.5. The summed E-state index contributed by atoms with van der Waals surface area (Å²) in [6, 6.07) is 8.14. The molecule has 0 aromatic heterocycles. The Kier molecular flexibility index (Phi) is 7.01. The van der Waals surface area contributed by atoms with E-state index in [0.29, 0.717) is 6.54 Å². The number of piperazine rings is 1. The maximum absolute atomic E-state index is 12.8. The SMILES string of the molecule is C[C@@H]1CN(C(=O)/C=C/C2=CCC(Cl)([N+](=O)[O-])C=C2)[C@@H](C)CN1Cc1ccc(Cl)cc1. The Balaban J connectivity index is 1.58. The Hall–Kier alpha value is -2.15. The zero-order valence-electron chi connectivity index (χ0n) is 17.0. The highest BCUT2D eigenvalue weighted by Gasteiger charge is 2.37. The van der Waals surface area contributed by atoms with Gasteiger partial charge in [0, 0.05) is 53.8 Å². The molecule has 1 saturated heterocycles. The highest BCUT2D eigenvalue weighted by molar-refractivity contribution is 6.30. The number of amides is 1. The molecule has 8 heteroatoms. The Labute approximate surface area is 186 Å². The first-order valence-corrected chi connectivity index (χ1v) is 10.6. The second-order valence-electron chi connectivity index (χ2n) is 7.90. The van der Waals surface area contributed by atoms with Gasteiger partial charge in [0.1, 0.15) is 0 Å². The second kappa shape index (κ2) is 9.33. The smallest absolute Gasteiger partial charge is 0.317 e. The van der Waals surface area contributed by atoms with Gasteiger partial charge in [-0.2, -0.15) is 0 Å². The third-order valence-corrected chi connectivity index (χ3v) is 6.24. The summed E-state index contributed by atoms with van der Waals surface area (Å²) in [5, 5.41) is 11.7. The van der Waals surface area contributed by atoms with E-state index in [4.69, 9.17) is 23.2 Å². The van der Waals surface area contributed by atoms with Crippen LogP contribution in [0.1, 0.15) is 25.8 Å². The van der Waals surface area contributed by atoms with Gasteiger partial charge in [0.15, 0.2) is 0 Å². The standard InChI is InChI=1S/C22H25Cl2N3O3/c1-16-14-26(17(2)13-25(16)15-19-3-6-20(23)7-4-19)21(28)8-5-18-9-11-22(24,12-10-18)27(29)30/h3-11,16-17H,12-15H2,1-2H3/b8-5+/t16-,17+,22?/m1/s1. The molecule has 0 radical (unpaired) electrons. The molecule has 160 valence electrons. The molecule has 2 aliphatic rings. The highest BCUT2D eigenvalue weighted by Crippen LogP contribution is 2.28. The highest BCUT2D eigenvalue weighted by atomic mass is 35.5. The van der Waals surface area contributed by atoms with E-state index in [0.717, 1.165) is 23.7 Å². The molecule has 1 heterocycles. The minimum absolute atomic E-state index is 0.0632. The molecular weight excluding hydrogens is 425 g/mol. The number of benzene rings is 1. The van der Waals surface area contributed by atoms with Crippen LogP contribution in [0.15, 0.2) is 60.2 Å². The molecule has 1 aromatic carbocycles. The second-order valence-corrected chi connectivity index (χ2v) is 8.99. The normalized spacial score (nSPS) is 27.3. The number of allylic oxidation sites excluding steroid dienone is 3. The molecular formula is C22H25Cl2N3O3. The van der Waals surface area contributed by atoms with Crippen LogP contribution < -0.4 is 0 Å². The van der Waals surface area contributed by atoms with Gasteiger partial charge in [-0.05, 0) is 54.8 Å². The van der Waals surface area contributed by atoms with Crippen LogP contribution in [0.3, 0.4) is 0 Å². The molecule has 1 aliphatic heterocycles. The van der Waals surface area contributed by atoms with Gasteiger partial charge in [-0.25, -0.2) is 0 Å². The van der Waals surface area contributed by atoms with Gasteiger partial charge < -0.3 is 4.90 Å². The number of nitrogens with zero attached hydrogens (tertiary/aromatic N) is 3. The summed E-state index contributed by atoms with van der Waals surface area (Å²) in [6.45, 7) is 6.40. The molecule has 3 rings (SSSR count). The van der Waals surface area contributed by atoms with E-state index in [-0.39, 0.29) is 24.4 Å². The van der Waals surface area contributed by atoms with Gasteiger partial charge in [0.05, 0.1) is 6.42 Å². The van der Waals surface area contributed by atoms with Crippen LogP contribution in [-0.2, 0) is 11.3 Å². The number of hydrogen-bond donors (Lipinski definition) is 0. The quantitative estimate of drug-likeness (QED) is 0.219. The summed E-state index contributed by atoms with van der Waals surface area (Å²) >= 11 is 11.9. The maximum Gasteiger partial charge on any atom is 0.317 e. The van der Waals surface area contributed by atoms with Gasteiger partial charge in [0.25, 0.3) is 0 Å². The first-order chi connectivity index (χ1) is 14.2. The summed E-state index contributed by atoms with van der Waals surface area (Å²) in [5.41, 5.74) is 1.93. The molecule has 3 atom stereocenters. The number of hydrogen-bond acceptors (Lipinski definition) is 4. The average Bonchev–Trinajstić information content (AvgIpc) is 2.71. The predicted molar refractivity (Wildman–Crippen MR) is 119 cm³/mol. The monoisotopic (exact) mass is 449 g/mol. The van der Waals surface area contributed by atoms with Crippen LogP contribution >= 0.6 is 23.2 Å². The molecule has 0 bridgehead atoms. The molecule has 0 spiro atoms. The number of carbonyl (C=O) groups is 1. The van der Waals surface area contributed by atoms with Gasteiger partial charge in [-0.3, -0.25) is 19.8 Å². The summed E-state index contributed by atoms with van der Waals surface area (Å²) in [4.78, 5) is 25.9. The van der Waals surface area contributed by atoms with E-state index in [9.17, 15) is 14.9 Å². The van der Waals surface area contributed by atoms with Crippen LogP contribution in [0.4, 0.5) is 0 Å². The molecule has 6 nitrogen and oxygen atoms in total. The van der Waals surface area contributed by atoms with Crippen molar-refractivity contribution >= 4 is 29.1 Å². The Morgan fingerprint density at radius 2 is 1.97 bits per heavy atom. The van der Waals surface area contributed by atoms with E-state index in [1.165, 1.54) is 17.7 Å². The molecule has 1 fully saturated rings. The fourth-order valence-corrected chi connectivity index (χ4v) is 3.96. The van der Waals surface area contributed by atoms with Crippen molar-refractivity contribution in [2.45, 2.75) is 43.9 Å². The van der Waals surface area contributed by atoms with Crippen molar-refractivity contribution in [1.29, 1.82) is 0 Å². The summed E-state index contributed by atoms with van der Waals surface area (Å²) in [5.74, 6) is -0.0632. The minimum Gasteiger partial charge on any atom is -0.334 e. The first-order valence-electron chi connectivity index (χ1n) is 9.88. The van der Waals surface area contributed by atoms with Crippen molar-refractivity contribution in [1.82, 2.24) is 9.80 Å². The molecule has 0 N–H and O–H groups in total. The van der Waals surface area contributed by atoms with Crippen LogP contribution in [0.25, 0.3) is 0 Å². The number of alkyl halides is 1. The molecule has 1 aromatic rings. The lowest BCUT2D eigenvalue weighted by Gasteiger charge is -2.44. The maximum atomic E-state index is 12.8. The minimum atomic E-state index is -1.59. The van der Waals surface area contributed by atoms with Crippen LogP contribution in [0.2, 0.25) is 5.02 Å². The zero-order valence-corrected chi connectivity index (χ0v) is 18.5. The van der Waals surface area contributed by atoms with Crippen LogP contribution in [-0.4, -0.2) is 50.8 Å². The topological polar surface area (TPSA) is 66.7 Å². The lowest BCUT2D eigenvalue weighted by Crippen LogP contribution is -2.57. The summed E-state index contributed by atoms with van der Waals surface area (Å²) in [7, 11) is 0. The molecule has 1 aliphatic carbocycles. The molecule has 0 saturated carbocycles. The third-order valence-electron chi connectivity index (χ3n) is 5.57. The third kappa shape index (κ3) is 5.31. The average molecular weight is 450 g/mol. The zero-order chi connectivity index (χ0) is 21.9. The number of nitro groups is 1. The van der Waals surface area contributed by atoms with Crippen molar-refractivity contribution in [2.24, 2.45) is 0 Å². The Morgan fingerprint density at radius 3 is 2.57 bits per heavy atom. The Morgan fingerprint density at radius 1 is 1.27 bits per heavy atom.